The molecule has 0 heterocycles. The molecule has 1 aliphatic rings. The van der Waals surface area contributed by atoms with E-state index in [1.807, 2.05) is 97.1 Å². The van der Waals surface area contributed by atoms with Crippen molar-refractivity contribution < 1.29 is 29.3 Å². The Morgan fingerprint density at radius 2 is 1.41 bits per heavy atom. The van der Waals surface area contributed by atoms with E-state index in [-0.39, 0.29) is 19.0 Å². The summed E-state index contributed by atoms with van der Waals surface area (Å²) < 4.78 is 5.52. The standard InChI is InChI=1S/C40H47N5O6/c1-40(2,3)51-39(50)44-32(22-26-12-6-4-7-13-26)36(47)35(37(48)45-34-31-17-11-10-14-29(31)23-33(34)46)41-24-27-18-20-28(21-19-27)25-42-38(49)43-30-15-8-5-9-16-30/h4-21,32-36,41,46-47H,22-25H2,1-3H3,(H,44,50)(H,45,48)(H2,42,43,49)/t32-,33?,34?,35+,36-/m0/s1. The number of aliphatic hydroxyl groups is 2. The first-order chi connectivity index (χ1) is 24.4. The van der Waals surface area contributed by atoms with Crippen molar-refractivity contribution in [3.05, 3.63) is 137 Å². The molecule has 0 bridgehead atoms. The highest BCUT2D eigenvalue weighted by Gasteiger charge is 2.38. The number of hydrogen-bond acceptors (Lipinski definition) is 7. The van der Waals surface area contributed by atoms with Crippen molar-refractivity contribution in [2.24, 2.45) is 0 Å². The van der Waals surface area contributed by atoms with E-state index in [0.29, 0.717) is 18.7 Å². The average Bonchev–Trinajstić information content (AvgIpc) is 3.41. The number of benzene rings is 4. The maximum atomic E-state index is 14.1. The number of carbonyl (C=O) groups excluding carboxylic acids is 3. The topological polar surface area (TPSA) is 161 Å². The minimum atomic E-state index is -1.40. The Labute approximate surface area is 298 Å². The lowest BCUT2D eigenvalue weighted by Crippen LogP contribution is -2.60. The smallest absolute Gasteiger partial charge is 0.407 e. The fraction of sp³-hybridized carbons (Fsp3) is 0.325. The Kier molecular flexibility index (Phi) is 12.4. The normalized spacial score (nSPS) is 17.0. The number of rotatable bonds is 13. The van der Waals surface area contributed by atoms with Gasteiger partial charge in [0.05, 0.1) is 24.3 Å². The number of ether oxygens (including phenoxy) is 1. The lowest BCUT2D eigenvalue weighted by Gasteiger charge is -2.32. The van der Waals surface area contributed by atoms with Gasteiger partial charge in [0, 0.05) is 25.2 Å². The second-order valence-corrected chi connectivity index (χ2v) is 13.7. The van der Waals surface area contributed by atoms with Crippen LogP contribution >= 0.6 is 0 Å². The lowest BCUT2D eigenvalue weighted by molar-refractivity contribution is -0.128. The predicted molar refractivity (Wildman–Crippen MR) is 196 cm³/mol. The van der Waals surface area contributed by atoms with Crippen molar-refractivity contribution in [3.8, 4) is 0 Å². The van der Waals surface area contributed by atoms with Gasteiger partial charge in [0.25, 0.3) is 0 Å². The maximum absolute atomic E-state index is 14.1. The zero-order chi connectivity index (χ0) is 36.4. The molecule has 268 valence electrons. The van der Waals surface area contributed by atoms with E-state index < -0.39 is 47.9 Å². The number of carbonyl (C=O) groups is 3. The van der Waals surface area contributed by atoms with E-state index >= 15 is 0 Å². The SMILES string of the molecule is CC(C)(C)OC(=O)N[C@@H](Cc1ccccc1)[C@H](O)[C@@H](NCc1ccc(CNC(=O)Nc2ccccc2)cc1)C(=O)NC1c2ccccc2CC1O. The molecule has 0 radical (unpaired) electrons. The zero-order valence-electron chi connectivity index (χ0n) is 29.1. The Bertz CT molecular complexity index is 1750. The fourth-order valence-corrected chi connectivity index (χ4v) is 6.06. The molecule has 5 rings (SSSR count). The summed E-state index contributed by atoms with van der Waals surface area (Å²) in [6, 6.07) is 30.5. The second-order valence-electron chi connectivity index (χ2n) is 13.7. The average molecular weight is 694 g/mol. The largest absolute Gasteiger partial charge is 0.444 e. The molecule has 5 atom stereocenters. The molecule has 2 unspecified atom stereocenters. The van der Waals surface area contributed by atoms with Gasteiger partial charge in [-0.05, 0) is 67.1 Å². The first-order valence-corrected chi connectivity index (χ1v) is 17.1. The van der Waals surface area contributed by atoms with Crippen LogP contribution in [-0.4, -0.2) is 58.1 Å². The monoisotopic (exact) mass is 693 g/mol. The summed E-state index contributed by atoms with van der Waals surface area (Å²) in [4.78, 5) is 39.4. The fourth-order valence-electron chi connectivity index (χ4n) is 6.06. The summed E-state index contributed by atoms with van der Waals surface area (Å²) in [5.41, 5.74) is 4.22. The van der Waals surface area contributed by atoms with Gasteiger partial charge in [-0.15, -0.1) is 0 Å². The predicted octanol–water partition coefficient (Wildman–Crippen LogP) is 4.74. The number of amides is 4. The molecular weight excluding hydrogens is 646 g/mol. The molecule has 51 heavy (non-hydrogen) atoms. The number of para-hydroxylation sites is 1. The maximum Gasteiger partial charge on any atom is 0.407 e. The van der Waals surface area contributed by atoms with Gasteiger partial charge in [-0.1, -0.05) is 97.1 Å². The number of hydrogen-bond donors (Lipinski definition) is 7. The molecule has 4 aromatic carbocycles. The van der Waals surface area contributed by atoms with E-state index in [4.69, 9.17) is 4.74 Å². The van der Waals surface area contributed by atoms with Crippen LogP contribution in [0, 0.1) is 0 Å². The van der Waals surface area contributed by atoms with Gasteiger partial charge in [0.1, 0.15) is 11.6 Å². The first-order valence-electron chi connectivity index (χ1n) is 17.1. The van der Waals surface area contributed by atoms with Crippen molar-refractivity contribution in [3.63, 3.8) is 0 Å². The number of aliphatic hydroxyl groups excluding tert-OH is 2. The number of fused-ring (bicyclic) bond motifs is 1. The molecule has 0 aromatic heterocycles. The molecule has 0 fully saturated rings. The van der Waals surface area contributed by atoms with Gasteiger partial charge >= 0.3 is 12.1 Å². The summed E-state index contributed by atoms with van der Waals surface area (Å²) >= 11 is 0. The summed E-state index contributed by atoms with van der Waals surface area (Å²) in [5.74, 6) is -0.530. The van der Waals surface area contributed by atoms with Crippen molar-refractivity contribution in [2.75, 3.05) is 5.32 Å². The van der Waals surface area contributed by atoms with Gasteiger partial charge in [0.2, 0.25) is 5.91 Å². The van der Waals surface area contributed by atoms with Crippen LogP contribution in [0.5, 0.6) is 0 Å². The van der Waals surface area contributed by atoms with Crippen LogP contribution in [0.15, 0.2) is 109 Å². The molecule has 0 aliphatic heterocycles. The molecule has 1 aliphatic carbocycles. The molecule has 0 saturated heterocycles. The highest BCUT2D eigenvalue weighted by molar-refractivity contribution is 5.89. The molecule has 4 aromatic rings. The minimum Gasteiger partial charge on any atom is -0.444 e. The van der Waals surface area contributed by atoms with E-state index in [9.17, 15) is 24.6 Å². The van der Waals surface area contributed by atoms with E-state index in [2.05, 4.69) is 26.6 Å². The summed E-state index contributed by atoms with van der Waals surface area (Å²) in [6.07, 6.45) is -2.34. The van der Waals surface area contributed by atoms with E-state index in [1.54, 1.807) is 32.9 Å². The summed E-state index contributed by atoms with van der Waals surface area (Å²) in [6.45, 7) is 5.75. The third kappa shape index (κ3) is 10.9. The van der Waals surface area contributed by atoms with E-state index in [0.717, 1.165) is 27.8 Å². The van der Waals surface area contributed by atoms with Crippen LogP contribution in [0.25, 0.3) is 0 Å². The van der Waals surface area contributed by atoms with Crippen LogP contribution in [0.1, 0.15) is 54.6 Å². The van der Waals surface area contributed by atoms with Gasteiger partial charge in [-0.2, -0.15) is 0 Å². The van der Waals surface area contributed by atoms with Gasteiger partial charge in [-0.25, -0.2) is 9.59 Å². The van der Waals surface area contributed by atoms with Crippen LogP contribution in [0.3, 0.4) is 0 Å². The Morgan fingerprint density at radius 3 is 2.08 bits per heavy atom. The molecule has 11 heteroatoms. The third-order valence-electron chi connectivity index (χ3n) is 8.57. The molecule has 11 nitrogen and oxygen atoms in total. The van der Waals surface area contributed by atoms with E-state index in [1.165, 1.54) is 0 Å². The summed E-state index contributed by atoms with van der Waals surface area (Å²) in [5, 5.41) is 37.4. The zero-order valence-corrected chi connectivity index (χ0v) is 29.1. The van der Waals surface area contributed by atoms with Gasteiger partial charge < -0.3 is 36.2 Å². The van der Waals surface area contributed by atoms with Gasteiger partial charge in [-0.3, -0.25) is 10.1 Å². The Hall–Kier alpha value is -5.23. The number of anilines is 1. The van der Waals surface area contributed by atoms with Crippen LogP contribution in [0.4, 0.5) is 15.3 Å². The highest BCUT2D eigenvalue weighted by Crippen LogP contribution is 2.31. The summed E-state index contributed by atoms with van der Waals surface area (Å²) in [7, 11) is 0. The van der Waals surface area contributed by atoms with Crippen LogP contribution in [-0.2, 0) is 35.5 Å². The lowest BCUT2D eigenvalue weighted by atomic mass is 9.95. The molecule has 4 amide bonds. The Balaban J connectivity index is 1.31. The highest BCUT2D eigenvalue weighted by atomic mass is 16.6. The number of nitrogens with one attached hydrogen (secondary N) is 5. The number of alkyl carbamates (subject to hydrolysis) is 1. The Morgan fingerprint density at radius 1 is 0.804 bits per heavy atom. The number of urea groups is 1. The van der Waals surface area contributed by atoms with Crippen molar-refractivity contribution >= 4 is 23.7 Å². The quantitative estimate of drug-likeness (QED) is 0.107. The van der Waals surface area contributed by atoms with Crippen molar-refractivity contribution in [2.45, 2.75) is 82.6 Å². The molecular formula is C40H47N5O6. The van der Waals surface area contributed by atoms with Crippen molar-refractivity contribution in [1.29, 1.82) is 0 Å². The molecule has 0 saturated carbocycles. The third-order valence-corrected chi connectivity index (χ3v) is 8.57. The second kappa shape index (κ2) is 17.1. The minimum absolute atomic E-state index is 0.200. The van der Waals surface area contributed by atoms with Crippen molar-refractivity contribution in [1.82, 2.24) is 21.3 Å². The van der Waals surface area contributed by atoms with Gasteiger partial charge in [0.15, 0.2) is 0 Å². The van der Waals surface area contributed by atoms with Crippen LogP contribution in [0.2, 0.25) is 0 Å². The molecule has 0 spiro atoms. The first kappa shape index (κ1) is 37.0. The molecule has 7 N–H and O–H groups in total. The van der Waals surface area contributed by atoms with Crippen LogP contribution < -0.4 is 26.6 Å².